The molecule has 1 unspecified atom stereocenters. The molecule has 2 aromatic rings. The number of benzene rings is 1. The minimum atomic E-state index is -0.186. The van der Waals surface area contributed by atoms with Crippen LogP contribution in [0, 0.1) is 0 Å². The standard InChI is InChI=1S/C13H19N5/c1-4-10-7-6-8-11(5-2)12(10)18-13(9(3)14)15-16-17-18/h6-9H,4-5,14H2,1-3H3. The lowest BCUT2D eigenvalue weighted by Crippen LogP contribution is -2.15. The molecule has 5 heteroatoms. The number of para-hydroxylation sites is 1. The van der Waals surface area contributed by atoms with Crippen molar-refractivity contribution in [2.24, 2.45) is 5.73 Å². The van der Waals surface area contributed by atoms with Gasteiger partial charge in [-0.25, -0.2) is 0 Å². The van der Waals surface area contributed by atoms with Gasteiger partial charge in [-0.05, 0) is 41.3 Å². The zero-order chi connectivity index (χ0) is 13.1. The van der Waals surface area contributed by atoms with Gasteiger partial charge in [0.15, 0.2) is 5.82 Å². The van der Waals surface area contributed by atoms with E-state index in [0.717, 1.165) is 18.5 Å². The molecule has 1 atom stereocenters. The van der Waals surface area contributed by atoms with Crippen molar-refractivity contribution in [3.8, 4) is 5.69 Å². The van der Waals surface area contributed by atoms with E-state index in [4.69, 9.17) is 5.73 Å². The van der Waals surface area contributed by atoms with E-state index < -0.39 is 0 Å². The largest absolute Gasteiger partial charge is 0.321 e. The van der Waals surface area contributed by atoms with Crippen LogP contribution in [0.2, 0.25) is 0 Å². The molecule has 0 saturated heterocycles. The summed E-state index contributed by atoms with van der Waals surface area (Å²) in [6.45, 7) is 6.16. The highest BCUT2D eigenvalue weighted by atomic mass is 15.5. The minimum absolute atomic E-state index is 0.186. The summed E-state index contributed by atoms with van der Waals surface area (Å²) in [4.78, 5) is 0. The van der Waals surface area contributed by atoms with Gasteiger partial charge < -0.3 is 5.73 Å². The second kappa shape index (κ2) is 5.27. The first kappa shape index (κ1) is 12.7. The maximum Gasteiger partial charge on any atom is 0.173 e. The van der Waals surface area contributed by atoms with E-state index >= 15 is 0 Å². The highest BCUT2D eigenvalue weighted by Gasteiger charge is 2.16. The summed E-state index contributed by atoms with van der Waals surface area (Å²) in [5, 5.41) is 11.9. The molecule has 0 fully saturated rings. The number of aromatic nitrogens is 4. The lowest BCUT2D eigenvalue weighted by atomic mass is 10.0. The van der Waals surface area contributed by atoms with Gasteiger partial charge in [0.05, 0.1) is 11.7 Å². The molecule has 18 heavy (non-hydrogen) atoms. The average Bonchev–Trinajstić information content (AvgIpc) is 2.86. The summed E-state index contributed by atoms with van der Waals surface area (Å²) in [6.07, 6.45) is 1.89. The number of hydrogen-bond acceptors (Lipinski definition) is 4. The Bertz CT molecular complexity index is 508. The summed E-state index contributed by atoms with van der Waals surface area (Å²) in [5.41, 5.74) is 9.48. The van der Waals surface area contributed by atoms with Crippen molar-refractivity contribution >= 4 is 0 Å². The Morgan fingerprint density at radius 2 is 1.83 bits per heavy atom. The highest BCUT2D eigenvalue weighted by molar-refractivity contribution is 5.48. The summed E-state index contributed by atoms with van der Waals surface area (Å²) in [6, 6.07) is 6.12. The summed E-state index contributed by atoms with van der Waals surface area (Å²) in [5.74, 6) is 0.700. The third-order valence-corrected chi connectivity index (χ3v) is 3.08. The van der Waals surface area contributed by atoms with Crippen LogP contribution in [0.1, 0.15) is 43.8 Å². The fraction of sp³-hybridized carbons (Fsp3) is 0.462. The lowest BCUT2D eigenvalue weighted by Gasteiger charge is -2.14. The molecule has 0 bridgehead atoms. The second-order valence-electron chi connectivity index (χ2n) is 4.37. The molecule has 5 nitrogen and oxygen atoms in total. The van der Waals surface area contributed by atoms with Gasteiger partial charge >= 0.3 is 0 Å². The Hall–Kier alpha value is -1.75. The van der Waals surface area contributed by atoms with E-state index in [2.05, 4.69) is 47.6 Å². The molecule has 1 aromatic heterocycles. The van der Waals surface area contributed by atoms with Crippen molar-refractivity contribution in [1.29, 1.82) is 0 Å². The Morgan fingerprint density at radius 3 is 2.33 bits per heavy atom. The smallest absolute Gasteiger partial charge is 0.173 e. The third-order valence-electron chi connectivity index (χ3n) is 3.08. The predicted molar refractivity (Wildman–Crippen MR) is 70.5 cm³/mol. The normalized spacial score (nSPS) is 12.7. The molecule has 96 valence electrons. The quantitative estimate of drug-likeness (QED) is 0.891. The van der Waals surface area contributed by atoms with Gasteiger partial charge in [0.2, 0.25) is 0 Å². The van der Waals surface area contributed by atoms with E-state index in [1.54, 1.807) is 4.68 Å². The molecule has 0 aliphatic carbocycles. The van der Waals surface area contributed by atoms with Crippen LogP contribution in [0.4, 0.5) is 0 Å². The van der Waals surface area contributed by atoms with Crippen molar-refractivity contribution < 1.29 is 0 Å². The van der Waals surface area contributed by atoms with Gasteiger partial charge in [-0.3, -0.25) is 0 Å². The SMILES string of the molecule is CCc1cccc(CC)c1-n1nnnc1C(C)N. The maximum absolute atomic E-state index is 5.92. The van der Waals surface area contributed by atoms with E-state index in [1.165, 1.54) is 11.1 Å². The number of rotatable bonds is 4. The van der Waals surface area contributed by atoms with Crippen LogP contribution in [0.15, 0.2) is 18.2 Å². The maximum atomic E-state index is 5.92. The summed E-state index contributed by atoms with van der Waals surface area (Å²) < 4.78 is 1.78. The van der Waals surface area contributed by atoms with E-state index in [-0.39, 0.29) is 6.04 Å². The molecule has 0 aliphatic rings. The molecule has 2 N–H and O–H groups in total. The first-order valence-corrected chi connectivity index (χ1v) is 6.34. The molecule has 0 radical (unpaired) electrons. The van der Waals surface area contributed by atoms with Gasteiger partial charge in [0.25, 0.3) is 0 Å². The van der Waals surface area contributed by atoms with Gasteiger partial charge in [0.1, 0.15) is 0 Å². The van der Waals surface area contributed by atoms with Gasteiger partial charge in [-0.2, -0.15) is 4.68 Å². The molecular weight excluding hydrogens is 226 g/mol. The Labute approximate surface area is 107 Å². The highest BCUT2D eigenvalue weighted by Crippen LogP contribution is 2.22. The number of hydrogen-bond donors (Lipinski definition) is 1. The zero-order valence-corrected chi connectivity index (χ0v) is 11.1. The zero-order valence-electron chi connectivity index (χ0n) is 11.1. The predicted octanol–water partition coefficient (Wildman–Crippen LogP) is 1.81. The van der Waals surface area contributed by atoms with Crippen LogP contribution in [0.5, 0.6) is 0 Å². The van der Waals surface area contributed by atoms with Crippen molar-refractivity contribution in [3.05, 3.63) is 35.2 Å². The fourth-order valence-electron chi connectivity index (χ4n) is 2.12. The van der Waals surface area contributed by atoms with Crippen molar-refractivity contribution in [2.75, 3.05) is 0 Å². The van der Waals surface area contributed by atoms with E-state index in [0.29, 0.717) is 5.82 Å². The lowest BCUT2D eigenvalue weighted by molar-refractivity contribution is 0.681. The van der Waals surface area contributed by atoms with Gasteiger partial charge in [-0.1, -0.05) is 32.0 Å². The molecule has 0 saturated carbocycles. The molecule has 0 spiro atoms. The van der Waals surface area contributed by atoms with Crippen LogP contribution in [0.3, 0.4) is 0 Å². The number of tetrazole rings is 1. The average molecular weight is 245 g/mol. The van der Waals surface area contributed by atoms with E-state index in [9.17, 15) is 0 Å². The first-order valence-electron chi connectivity index (χ1n) is 6.34. The first-order chi connectivity index (χ1) is 8.69. The van der Waals surface area contributed by atoms with Crippen molar-refractivity contribution in [2.45, 2.75) is 39.7 Å². The molecule has 2 rings (SSSR count). The van der Waals surface area contributed by atoms with Gasteiger partial charge in [-0.15, -0.1) is 5.10 Å². The molecule has 1 aromatic carbocycles. The van der Waals surface area contributed by atoms with Crippen LogP contribution in [0.25, 0.3) is 5.69 Å². The number of nitrogens with two attached hydrogens (primary N) is 1. The Kier molecular flexibility index (Phi) is 3.72. The second-order valence-corrected chi connectivity index (χ2v) is 4.37. The monoisotopic (exact) mass is 245 g/mol. The third kappa shape index (κ3) is 2.13. The van der Waals surface area contributed by atoms with Crippen molar-refractivity contribution in [3.63, 3.8) is 0 Å². The fourth-order valence-corrected chi connectivity index (χ4v) is 2.12. The Morgan fingerprint density at radius 1 is 1.22 bits per heavy atom. The topological polar surface area (TPSA) is 69.6 Å². The Balaban J connectivity index is 2.65. The van der Waals surface area contributed by atoms with Crippen molar-refractivity contribution in [1.82, 2.24) is 20.2 Å². The van der Waals surface area contributed by atoms with Gasteiger partial charge in [0, 0.05) is 0 Å². The van der Waals surface area contributed by atoms with E-state index in [1.807, 2.05) is 6.92 Å². The summed E-state index contributed by atoms with van der Waals surface area (Å²) >= 11 is 0. The number of aryl methyl sites for hydroxylation is 2. The van der Waals surface area contributed by atoms with Crippen LogP contribution < -0.4 is 5.73 Å². The minimum Gasteiger partial charge on any atom is -0.321 e. The molecule has 1 heterocycles. The van der Waals surface area contributed by atoms with Crippen LogP contribution in [-0.2, 0) is 12.8 Å². The summed E-state index contributed by atoms with van der Waals surface area (Å²) in [7, 11) is 0. The number of nitrogens with zero attached hydrogens (tertiary/aromatic N) is 4. The molecule has 0 aliphatic heterocycles. The van der Waals surface area contributed by atoms with Crippen LogP contribution in [-0.4, -0.2) is 20.2 Å². The molecular formula is C13H19N5. The molecule has 0 amide bonds. The van der Waals surface area contributed by atoms with Crippen LogP contribution >= 0.6 is 0 Å².